The van der Waals surface area contributed by atoms with Crippen LogP contribution < -0.4 is 0 Å². The lowest BCUT2D eigenvalue weighted by Crippen LogP contribution is -2.40. The SMILES string of the molecule is CC(C(C)S(C)(=O)=O)N(C)Cc1ccccc1[N+](=O)[O-]. The Balaban J connectivity index is 2.91. The standard InChI is InChI=1S/C13H20N2O4S/c1-10(11(2)20(4,18)19)14(3)9-12-7-5-6-8-13(12)15(16)17/h5-8,10-11H,9H2,1-4H3. The molecule has 2 atom stereocenters. The third kappa shape index (κ3) is 4.01. The van der Waals surface area contributed by atoms with Crippen molar-refractivity contribution in [2.24, 2.45) is 0 Å². The second kappa shape index (κ2) is 6.32. The molecule has 0 fully saturated rings. The highest BCUT2D eigenvalue weighted by Crippen LogP contribution is 2.21. The Hall–Kier alpha value is -1.47. The number of hydrogen-bond donors (Lipinski definition) is 0. The zero-order valence-corrected chi connectivity index (χ0v) is 12.9. The number of hydrogen-bond acceptors (Lipinski definition) is 5. The first-order valence-electron chi connectivity index (χ1n) is 6.26. The summed E-state index contributed by atoms with van der Waals surface area (Å²) in [5.74, 6) is 0. The van der Waals surface area contributed by atoms with Gasteiger partial charge in [-0.3, -0.25) is 15.0 Å². The molecule has 20 heavy (non-hydrogen) atoms. The van der Waals surface area contributed by atoms with E-state index < -0.39 is 20.0 Å². The van der Waals surface area contributed by atoms with Gasteiger partial charge < -0.3 is 0 Å². The molecule has 0 N–H and O–H groups in total. The molecule has 0 amide bonds. The van der Waals surface area contributed by atoms with Gasteiger partial charge in [0.2, 0.25) is 0 Å². The van der Waals surface area contributed by atoms with Crippen LogP contribution in [0.3, 0.4) is 0 Å². The van der Waals surface area contributed by atoms with E-state index >= 15 is 0 Å². The summed E-state index contributed by atoms with van der Waals surface area (Å²) in [5, 5.41) is 10.4. The van der Waals surface area contributed by atoms with E-state index in [-0.39, 0.29) is 11.7 Å². The number of nitrogens with zero attached hydrogens (tertiary/aromatic N) is 2. The van der Waals surface area contributed by atoms with E-state index in [9.17, 15) is 18.5 Å². The quantitative estimate of drug-likeness (QED) is 0.591. The molecule has 1 aromatic carbocycles. The Labute approximate surface area is 119 Å². The molecule has 0 aliphatic heterocycles. The van der Waals surface area contributed by atoms with Crippen LogP contribution in [0.4, 0.5) is 5.69 Å². The highest BCUT2D eigenvalue weighted by molar-refractivity contribution is 7.91. The number of para-hydroxylation sites is 1. The molecular weight excluding hydrogens is 280 g/mol. The highest BCUT2D eigenvalue weighted by atomic mass is 32.2. The van der Waals surface area contributed by atoms with E-state index in [4.69, 9.17) is 0 Å². The van der Waals surface area contributed by atoms with E-state index in [0.717, 1.165) is 0 Å². The van der Waals surface area contributed by atoms with Crippen LogP contribution in [0.5, 0.6) is 0 Å². The van der Waals surface area contributed by atoms with Crippen LogP contribution in [0.2, 0.25) is 0 Å². The van der Waals surface area contributed by atoms with Gasteiger partial charge in [0, 0.05) is 30.5 Å². The Morgan fingerprint density at radius 1 is 1.30 bits per heavy atom. The van der Waals surface area contributed by atoms with Crippen molar-refractivity contribution >= 4 is 15.5 Å². The van der Waals surface area contributed by atoms with Crippen molar-refractivity contribution < 1.29 is 13.3 Å². The molecule has 112 valence electrons. The van der Waals surface area contributed by atoms with Crippen molar-refractivity contribution in [3.8, 4) is 0 Å². The van der Waals surface area contributed by atoms with Crippen LogP contribution in [-0.2, 0) is 16.4 Å². The highest BCUT2D eigenvalue weighted by Gasteiger charge is 2.26. The van der Waals surface area contributed by atoms with Crippen LogP contribution in [-0.4, -0.2) is 42.8 Å². The van der Waals surface area contributed by atoms with Crippen molar-refractivity contribution in [3.63, 3.8) is 0 Å². The normalized spacial score (nSPS) is 15.1. The minimum absolute atomic E-state index is 0.0542. The predicted octanol–water partition coefficient (Wildman–Crippen LogP) is 1.85. The first-order valence-corrected chi connectivity index (χ1v) is 8.21. The van der Waals surface area contributed by atoms with Gasteiger partial charge in [-0.2, -0.15) is 0 Å². The molecule has 0 bridgehead atoms. The summed E-state index contributed by atoms with van der Waals surface area (Å²) in [4.78, 5) is 12.3. The molecule has 0 saturated carbocycles. The van der Waals surface area contributed by atoms with E-state index in [2.05, 4.69) is 0 Å². The Morgan fingerprint density at radius 2 is 1.85 bits per heavy atom. The average molecular weight is 300 g/mol. The van der Waals surface area contributed by atoms with Crippen molar-refractivity contribution in [2.75, 3.05) is 13.3 Å². The molecule has 6 nitrogen and oxygen atoms in total. The second-order valence-electron chi connectivity index (χ2n) is 5.08. The van der Waals surface area contributed by atoms with Gasteiger partial charge in [0.05, 0.1) is 10.2 Å². The van der Waals surface area contributed by atoms with Crippen LogP contribution in [0.1, 0.15) is 19.4 Å². The van der Waals surface area contributed by atoms with Crippen molar-refractivity contribution in [2.45, 2.75) is 31.7 Å². The molecule has 2 unspecified atom stereocenters. The fourth-order valence-corrected chi connectivity index (χ4v) is 2.87. The van der Waals surface area contributed by atoms with Crippen molar-refractivity contribution in [3.05, 3.63) is 39.9 Å². The first kappa shape index (κ1) is 16.6. The van der Waals surface area contributed by atoms with Gasteiger partial charge in [0.1, 0.15) is 0 Å². The summed E-state index contributed by atoms with van der Waals surface area (Å²) in [6.45, 7) is 3.79. The van der Waals surface area contributed by atoms with Crippen molar-refractivity contribution in [1.82, 2.24) is 4.90 Å². The molecular formula is C13H20N2O4S. The van der Waals surface area contributed by atoms with Gasteiger partial charge in [-0.1, -0.05) is 18.2 Å². The van der Waals surface area contributed by atoms with Gasteiger partial charge in [-0.05, 0) is 20.9 Å². The number of sulfone groups is 1. The number of nitro groups is 1. The third-order valence-corrected chi connectivity index (χ3v) is 5.40. The molecule has 0 aliphatic rings. The molecule has 7 heteroatoms. The molecule has 0 saturated heterocycles. The fraction of sp³-hybridized carbons (Fsp3) is 0.538. The minimum atomic E-state index is -3.14. The second-order valence-corrected chi connectivity index (χ2v) is 7.48. The molecule has 0 radical (unpaired) electrons. The molecule has 0 spiro atoms. The van der Waals surface area contributed by atoms with Crippen LogP contribution in [0.15, 0.2) is 24.3 Å². The third-order valence-electron chi connectivity index (χ3n) is 3.66. The summed E-state index contributed by atoms with van der Waals surface area (Å²) in [7, 11) is -1.37. The topological polar surface area (TPSA) is 80.5 Å². The monoisotopic (exact) mass is 300 g/mol. The van der Waals surface area contributed by atoms with E-state index in [1.165, 1.54) is 12.3 Å². The van der Waals surface area contributed by atoms with Crippen molar-refractivity contribution in [1.29, 1.82) is 0 Å². The Kier molecular flexibility index (Phi) is 5.24. The average Bonchev–Trinajstić information content (AvgIpc) is 2.36. The van der Waals surface area contributed by atoms with E-state index in [1.54, 1.807) is 39.1 Å². The first-order chi connectivity index (χ1) is 9.14. The lowest BCUT2D eigenvalue weighted by molar-refractivity contribution is -0.385. The van der Waals surface area contributed by atoms with Gasteiger partial charge in [-0.15, -0.1) is 0 Å². The summed E-state index contributed by atoms with van der Waals surface area (Å²) in [6, 6.07) is 6.26. The van der Waals surface area contributed by atoms with Gasteiger partial charge in [0.15, 0.2) is 9.84 Å². The maximum atomic E-state index is 11.6. The Bertz CT molecular complexity index is 586. The molecule has 1 aromatic rings. The van der Waals surface area contributed by atoms with Crippen LogP contribution >= 0.6 is 0 Å². The summed E-state index contributed by atoms with van der Waals surface area (Å²) < 4.78 is 23.1. The summed E-state index contributed by atoms with van der Waals surface area (Å²) in [5.41, 5.74) is 0.631. The predicted molar refractivity (Wildman–Crippen MR) is 78.3 cm³/mol. The molecule has 0 aliphatic carbocycles. The van der Waals surface area contributed by atoms with Gasteiger partial charge in [0.25, 0.3) is 5.69 Å². The number of nitro benzene ring substituents is 1. The van der Waals surface area contributed by atoms with Gasteiger partial charge in [-0.25, -0.2) is 8.42 Å². The maximum absolute atomic E-state index is 11.6. The minimum Gasteiger partial charge on any atom is -0.298 e. The summed E-state index contributed by atoms with van der Waals surface area (Å²) >= 11 is 0. The summed E-state index contributed by atoms with van der Waals surface area (Å²) in [6.07, 6.45) is 1.20. The number of rotatable bonds is 6. The molecule has 0 heterocycles. The van der Waals surface area contributed by atoms with Gasteiger partial charge >= 0.3 is 0 Å². The smallest absolute Gasteiger partial charge is 0.273 e. The fourth-order valence-electron chi connectivity index (χ4n) is 1.95. The maximum Gasteiger partial charge on any atom is 0.273 e. The molecule has 0 aromatic heterocycles. The zero-order valence-electron chi connectivity index (χ0n) is 12.1. The lowest BCUT2D eigenvalue weighted by atomic mass is 10.1. The number of benzene rings is 1. The van der Waals surface area contributed by atoms with Crippen LogP contribution in [0.25, 0.3) is 0 Å². The molecule has 1 rings (SSSR count). The lowest BCUT2D eigenvalue weighted by Gasteiger charge is -2.28. The van der Waals surface area contributed by atoms with E-state index in [0.29, 0.717) is 12.1 Å². The van der Waals surface area contributed by atoms with E-state index in [1.807, 2.05) is 4.90 Å². The zero-order chi connectivity index (χ0) is 15.5. The largest absolute Gasteiger partial charge is 0.298 e. The Morgan fingerprint density at radius 3 is 2.35 bits per heavy atom. The van der Waals surface area contributed by atoms with Crippen LogP contribution in [0, 0.1) is 10.1 Å².